The van der Waals surface area contributed by atoms with Crippen LogP contribution in [0.25, 0.3) is 10.8 Å². The van der Waals surface area contributed by atoms with Crippen LogP contribution in [0, 0.1) is 0 Å². The predicted molar refractivity (Wildman–Crippen MR) is 61.8 cm³/mol. The van der Waals surface area contributed by atoms with Gasteiger partial charge >= 0.3 is 0 Å². The van der Waals surface area contributed by atoms with Crippen LogP contribution < -0.4 is 4.52 Å². The Hall–Kier alpha value is -1.27. The Labute approximate surface area is 88.3 Å². The number of fused-ring (bicyclic) bond motifs is 2. The van der Waals surface area contributed by atoms with Gasteiger partial charge in [-0.05, 0) is 22.9 Å². The Bertz CT molecular complexity index is 541. The van der Waals surface area contributed by atoms with Crippen molar-refractivity contribution in [3.8, 4) is 5.75 Å². The molecule has 0 aromatic heterocycles. The van der Waals surface area contributed by atoms with Gasteiger partial charge in [-0.1, -0.05) is 24.3 Å². The van der Waals surface area contributed by atoms with Crippen LogP contribution >= 0.6 is 7.37 Å². The highest BCUT2D eigenvalue weighted by atomic mass is 31.2. The van der Waals surface area contributed by atoms with Crippen LogP contribution in [0.4, 0.5) is 0 Å². The van der Waals surface area contributed by atoms with Gasteiger partial charge in [0.1, 0.15) is 5.75 Å². The molecule has 1 unspecified atom stereocenters. The third-order valence-corrected chi connectivity index (χ3v) is 4.18. The van der Waals surface area contributed by atoms with Crippen molar-refractivity contribution in [2.75, 3.05) is 6.66 Å². The SMILES string of the molecule is CP1(=O)Cc2cc3ccccc3cc2O1. The van der Waals surface area contributed by atoms with Gasteiger partial charge in [0.2, 0.25) is 7.37 Å². The van der Waals surface area contributed by atoms with E-state index in [4.69, 9.17) is 4.52 Å². The summed E-state index contributed by atoms with van der Waals surface area (Å²) in [6.07, 6.45) is 0.563. The molecule has 1 heterocycles. The Balaban J connectivity index is 2.27. The maximum atomic E-state index is 11.8. The zero-order chi connectivity index (χ0) is 10.5. The summed E-state index contributed by atoms with van der Waals surface area (Å²) in [5.41, 5.74) is 1.07. The zero-order valence-corrected chi connectivity index (χ0v) is 9.33. The molecule has 2 aromatic rings. The molecule has 3 rings (SSSR count). The summed E-state index contributed by atoms with van der Waals surface area (Å²) in [4.78, 5) is 0. The van der Waals surface area contributed by atoms with Crippen LogP contribution in [-0.2, 0) is 10.7 Å². The quantitative estimate of drug-likeness (QED) is 0.631. The Morgan fingerprint density at radius 1 is 1.20 bits per heavy atom. The molecule has 15 heavy (non-hydrogen) atoms. The highest BCUT2D eigenvalue weighted by molar-refractivity contribution is 7.58. The summed E-state index contributed by atoms with van der Waals surface area (Å²) < 4.78 is 17.3. The maximum Gasteiger partial charge on any atom is 0.249 e. The first kappa shape index (κ1) is 8.99. The zero-order valence-electron chi connectivity index (χ0n) is 8.43. The lowest BCUT2D eigenvalue weighted by Crippen LogP contribution is -1.80. The first-order chi connectivity index (χ1) is 7.14. The van der Waals surface area contributed by atoms with Crippen LogP contribution in [-0.4, -0.2) is 6.66 Å². The molecule has 0 radical (unpaired) electrons. The first-order valence-electron chi connectivity index (χ1n) is 4.92. The van der Waals surface area contributed by atoms with Crippen LogP contribution in [0.1, 0.15) is 5.56 Å². The highest BCUT2D eigenvalue weighted by Crippen LogP contribution is 2.55. The molecular formula is C12H11O2P. The molecule has 2 aromatic carbocycles. The molecule has 1 aliphatic heterocycles. The molecule has 1 atom stereocenters. The lowest BCUT2D eigenvalue weighted by molar-refractivity contribution is 0.501. The lowest BCUT2D eigenvalue weighted by Gasteiger charge is -2.03. The van der Waals surface area contributed by atoms with Crippen molar-refractivity contribution in [1.29, 1.82) is 0 Å². The molecule has 0 saturated heterocycles. The molecule has 0 amide bonds. The smallest absolute Gasteiger partial charge is 0.249 e. The fourth-order valence-electron chi connectivity index (χ4n) is 2.02. The van der Waals surface area contributed by atoms with E-state index in [1.165, 1.54) is 5.39 Å². The monoisotopic (exact) mass is 218 g/mol. The number of benzene rings is 2. The van der Waals surface area contributed by atoms with E-state index in [2.05, 4.69) is 12.1 Å². The average Bonchev–Trinajstić information content (AvgIpc) is 2.46. The van der Waals surface area contributed by atoms with Gasteiger partial charge in [-0.25, -0.2) is 0 Å². The molecule has 0 fully saturated rings. The second-order valence-electron chi connectivity index (χ2n) is 4.07. The van der Waals surface area contributed by atoms with Crippen molar-refractivity contribution in [2.24, 2.45) is 0 Å². The third-order valence-electron chi connectivity index (χ3n) is 2.68. The normalized spacial score (nSPS) is 23.8. The van der Waals surface area contributed by atoms with E-state index in [-0.39, 0.29) is 0 Å². The molecule has 0 aliphatic carbocycles. The molecule has 1 aliphatic rings. The van der Waals surface area contributed by atoms with Crippen LogP contribution in [0.3, 0.4) is 0 Å². The van der Waals surface area contributed by atoms with Gasteiger partial charge in [-0.15, -0.1) is 0 Å². The highest BCUT2D eigenvalue weighted by Gasteiger charge is 2.28. The maximum absolute atomic E-state index is 11.8. The van der Waals surface area contributed by atoms with Crippen LogP contribution in [0.15, 0.2) is 36.4 Å². The van der Waals surface area contributed by atoms with Gasteiger partial charge in [0.05, 0.1) is 6.16 Å². The summed E-state index contributed by atoms with van der Waals surface area (Å²) in [7, 11) is -2.41. The van der Waals surface area contributed by atoms with Crippen molar-refractivity contribution in [2.45, 2.75) is 6.16 Å². The minimum atomic E-state index is -2.41. The van der Waals surface area contributed by atoms with Crippen molar-refractivity contribution < 1.29 is 9.09 Å². The molecule has 0 bridgehead atoms. The van der Waals surface area contributed by atoms with Gasteiger partial charge in [0.15, 0.2) is 0 Å². The van der Waals surface area contributed by atoms with Crippen molar-refractivity contribution in [1.82, 2.24) is 0 Å². The fraction of sp³-hybridized carbons (Fsp3) is 0.167. The van der Waals surface area contributed by atoms with E-state index in [0.29, 0.717) is 6.16 Å². The molecule has 0 spiro atoms. The van der Waals surface area contributed by atoms with E-state index in [9.17, 15) is 4.57 Å². The second kappa shape index (κ2) is 2.86. The molecule has 76 valence electrons. The molecule has 0 saturated carbocycles. The molecule has 2 nitrogen and oxygen atoms in total. The first-order valence-corrected chi connectivity index (χ1v) is 7.18. The second-order valence-corrected chi connectivity index (χ2v) is 6.60. The number of hydrogen-bond acceptors (Lipinski definition) is 2. The van der Waals surface area contributed by atoms with Crippen LogP contribution in [0.5, 0.6) is 5.75 Å². The minimum absolute atomic E-state index is 0.563. The van der Waals surface area contributed by atoms with Gasteiger partial charge < -0.3 is 4.52 Å². The van der Waals surface area contributed by atoms with E-state index in [1.54, 1.807) is 6.66 Å². The minimum Gasteiger partial charge on any atom is -0.442 e. The van der Waals surface area contributed by atoms with E-state index in [1.807, 2.05) is 24.3 Å². The Kier molecular flexibility index (Phi) is 1.72. The van der Waals surface area contributed by atoms with Gasteiger partial charge in [0, 0.05) is 12.2 Å². The largest absolute Gasteiger partial charge is 0.442 e. The molecule has 3 heteroatoms. The lowest BCUT2D eigenvalue weighted by atomic mass is 10.1. The Morgan fingerprint density at radius 3 is 2.60 bits per heavy atom. The predicted octanol–water partition coefficient (Wildman–Crippen LogP) is 3.64. The molecular weight excluding hydrogens is 207 g/mol. The van der Waals surface area contributed by atoms with Gasteiger partial charge in [-0.3, -0.25) is 4.57 Å². The van der Waals surface area contributed by atoms with E-state index >= 15 is 0 Å². The summed E-state index contributed by atoms with van der Waals surface area (Å²) in [6.45, 7) is 1.69. The van der Waals surface area contributed by atoms with Crippen molar-refractivity contribution in [3.05, 3.63) is 42.0 Å². The number of rotatable bonds is 0. The summed E-state index contributed by atoms with van der Waals surface area (Å²) in [6, 6.07) is 12.2. The number of hydrogen-bond donors (Lipinski definition) is 0. The van der Waals surface area contributed by atoms with Gasteiger partial charge in [0.25, 0.3) is 0 Å². The molecule has 0 N–H and O–H groups in total. The summed E-state index contributed by atoms with van der Waals surface area (Å²) in [5.74, 6) is 0.791. The van der Waals surface area contributed by atoms with Crippen molar-refractivity contribution in [3.63, 3.8) is 0 Å². The fourth-order valence-corrected chi connectivity index (χ4v) is 3.54. The van der Waals surface area contributed by atoms with Gasteiger partial charge in [-0.2, -0.15) is 0 Å². The topological polar surface area (TPSA) is 26.3 Å². The summed E-state index contributed by atoms with van der Waals surface area (Å²) in [5, 5.41) is 2.32. The van der Waals surface area contributed by atoms with Crippen molar-refractivity contribution >= 4 is 18.1 Å². The van der Waals surface area contributed by atoms with E-state index in [0.717, 1.165) is 16.7 Å². The van der Waals surface area contributed by atoms with Crippen LogP contribution in [0.2, 0.25) is 0 Å². The Morgan fingerprint density at radius 2 is 1.87 bits per heavy atom. The standard InChI is InChI=1S/C12H11O2P/c1-15(13)8-11-6-9-4-2-3-5-10(9)7-12(11)14-15/h2-7H,8H2,1H3. The average molecular weight is 218 g/mol. The third kappa shape index (κ3) is 1.46. The van der Waals surface area contributed by atoms with E-state index < -0.39 is 7.37 Å². The summed E-state index contributed by atoms with van der Waals surface area (Å²) >= 11 is 0.